The molecule has 0 atom stereocenters. The molecule has 1 N–H and O–H groups in total. The lowest BCUT2D eigenvalue weighted by atomic mass is 9.90. The van der Waals surface area contributed by atoms with Crippen molar-refractivity contribution in [2.24, 2.45) is 7.05 Å². The van der Waals surface area contributed by atoms with Crippen LogP contribution in [0.3, 0.4) is 0 Å². The molecule has 112 valence electrons. The van der Waals surface area contributed by atoms with Crippen LogP contribution in [-0.2, 0) is 7.05 Å². The predicted molar refractivity (Wildman–Crippen MR) is 80.8 cm³/mol. The normalized spacial score (nSPS) is 16.2. The van der Waals surface area contributed by atoms with Gasteiger partial charge in [0.2, 0.25) is 0 Å². The van der Waals surface area contributed by atoms with E-state index in [1.807, 2.05) is 11.7 Å². The monoisotopic (exact) mass is 287 g/mol. The zero-order valence-corrected chi connectivity index (χ0v) is 12.5. The Kier molecular flexibility index (Phi) is 3.68. The van der Waals surface area contributed by atoms with Crippen molar-refractivity contribution in [3.05, 3.63) is 42.2 Å². The molecule has 0 spiro atoms. The zero-order chi connectivity index (χ0) is 14.8. The third-order valence-corrected chi connectivity index (χ3v) is 4.08. The molecule has 0 amide bonds. The molecule has 3 rings (SSSR count). The highest BCUT2D eigenvalue weighted by Crippen LogP contribution is 2.30. The highest BCUT2D eigenvalue weighted by atomic mass is 16.5. The largest absolute Gasteiger partial charge is 0.363 e. The lowest BCUT2D eigenvalue weighted by molar-refractivity contribution is 0.266. The van der Waals surface area contributed by atoms with E-state index < -0.39 is 0 Å². The van der Waals surface area contributed by atoms with Crippen molar-refractivity contribution in [1.29, 1.82) is 0 Å². The fourth-order valence-electron chi connectivity index (χ4n) is 2.98. The number of piperidine rings is 1. The molecule has 1 aliphatic heterocycles. The van der Waals surface area contributed by atoms with Crippen molar-refractivity contribution >= 4 is 5.82 Å². The van der Waals surface area contributed by atoms with Gasteiger partial charge >= 0.3 is 0 Å². The van der Waals surface area contributed by atoms with Gasteiger partial charge in [0.15, 0.2) is 5.82 Å². The van der Waals surface area contributed by atoms with E-state index in [0.29, 0.717) is 11.7 Å². The fourth-order valence-corrected chi connectivity index (χ4v) is 2.98. The summed E-state index contributed by atoms with van der Waals surface area (Å²) in [5, 5.41) is 11.5. The van der Waals surface area contributed by atoms with E-state index in [4.69, 9.17) is 4.52 Å². The van der Waals surface area contributed by atoms with Crippen LogP contribution in [-0.4, -0.2) is 32.9 Å². The number of hydrogen-bond donors (Lipinski definition) is 1. The maximum atomic E-state index is 4.81. The number of likely N-dealkylation sites (tertiary alicyclic amines) is 1. The Balaban J connectivity index is 1.57. The molecule has 1 saturated heterocycles. The van der Waals surface area contributed by atoms with E-state index in [-0.39, 0.29) is 0 Å². The molecule has 1 fully saturated rings. The lowest BCUT2D eigenvalue weighted by Crippen LogP contribution is -2.34. The van der Waals surface area contributed by atoms with Crippen molar-refractivity contribution in [3.8, 4) is 0 Å². The van der Waals surface area contributed by atoms with Crippen LogP contribution in [0.5, 0.6) is 0 Å². The number of nitrogens with one attached hydrogen (secondary N) is 1. The minimum Gasteiger partial charge on any atom is -0.363 e. The summed E-state index contributed by atoms with van der Waals surface area (Å²) in [5.74, 6) is 2.17. The summed E-state index contributed by atoms with van der Waals surface area (Å²) < 4.78 is 6.72. The molecular formula is C15H21N5O. The smallest absolute Gasteiger partial charge is 0.174 e. The molecule has 6 nitrogen and oxygen atoms in total. The van der Waals surface area contributed by atoms with Crippen LogP contribution in [0.25, 0.3) is 0 Å². The van der Waals surface area contributed by atoms with Crippen LogP contribution in [0.1, 0.15) is 30.0 Å². The Morgan fingerprint density at radius 2 is 2.19 bits per heavy atom. The van der Waals surface area contributed by atoms with Crippen LogP contribution >= 0.6 is 0 Å². The Morgan fingerprint density at radius 1 is 1.43 bits per heavy atom. The van der Waals surface area contributed by atoms with E-state index in [1.54, 1.807) is 12.3 Å². The first-order valence-electron chi connectivity index (χ1n) is 7.25. The van der Waals surface area contributed by atoms with E-state index >= 15 is 0 Å². The van der Waals surface area contributed by atoms with Gasteiger partial charge in [-0.2, -0.15) is 5.10 Å². The molecule has 6 heteroatoms. The Hall–Kier alpha value is -2.24. The first kappa shape index (κ1) is 13.7. The van der Waals surface area contributed by atoms with Crippen LogP contribution < -0.4 is 5.32 Å². The fraction of sp³-hybridized carbons (Fsp3) is 0.467. The molecule has 0 bridgehead atoms. The third kappa shape index (κ3) is 2.94. The van der Waals surface area contributed by atoms with Gasteiger partial charge in [0, 0.05) is 32.4 Å². The first-order chi connectivity index (χ1) is 10.1. The number of nitrogens with zero attached hydrogens (tertiary/aromatic N) is 4. The minimum absolute atomic E-state index is 0.592. The van der Waals surface area contributed by atoms with Gasteiger partial charge in [-0.3, -0.25) is 4.68 Å². The number of rotatable bonds is 4. The summed E-state index contributed by atoms with van der Waals surface area (Å²) in [5.41, 5.74) is 2.53. The number of hydrogen-bond acceptors (Lipinski definition) is 5. The van der Waals surface area contributed by atoms with E-state index in [0.717, 1.165) is 37.4 Å². The van der Waals surface area contributed by atoms with Crippen LogP contribution in [0.2, 0.25) is 0 Å². The van der Waals surface area contributed by atoms with Gasteiger partial charge in [0.25, 0.3) is 0 Å². The number of anilines is 1. The van der Waals surface area contributed by atoms with Crippen LogP contribution in [0, 0.1) is 6.92 Å². The van der Waals surface area contributed by atoms with Gasteiger partial charge in [-0.1, -0.05) is 11.7 Å². The summed E-state index contributed by atoms with van der Waals surface area (Å²) in [6, 6.07) is 1.79. The molecule has 0 aliphatic carbocycles. The second kappa shape index (κ2) is 5.63. The quantitative estimate of drug-likeness (QED) is 0.936. The molecule has 21 heavy (non-hydrogen) atoms. The number of aromatic nitrogens is 3. The van der Waals surface area contributed by atoms with Crippen molar-refractivity contribution in [2.75, 3.05) is 18.4 Å². The summed E-state index contributed by atoms with van der Waals surface area (Å²) in [4.78, 5) is 2.26. The predicted octanol–water partition coefficient (Wildman–Crippen LogP) is 2.48. The van der Waals surface area contributed by atoms with Crippen molar-refractivity contribution in [1.82, 2.24) is 19.8 Å². The Bertz CT molecular complexity index is 608. The maximum absolute atomic E-state index is 4.81. The van der Waals surface area contributed by atoms with E-state index in [2.05, 4.69) is 40.2 Å². The molecule has 0 saturated carbocycles. The van der Waals surface area contributed by atoms with Gasteiger partial charge < -0.3 is 14.7 Å². The standard InChI is InChI=1S/C15H21N5O/c1-11-14(10-19(3)17-11)13-4-7-20(8-5-13)12(2)16-15-6-9-21-18-15/h6,9-10,13H,2,4-5,7-8H2,1,3H3,(H,16,18). The van der Waals surface area contributed by atoms with Crippen molar-refractivity contribution in [3.63, 3.8) is 0 Å². The number of aryl methyl sites for hydroxylation is 2. The summed E-state index contributed by atoms with van der Waals surface area (Å²) in [6.45, 7) is 8.16. The summed E-state index contributed by atoms with van der Waals surface area (Å²) in [6.07, 6.45) is 5.93. The molecule has 0 aromatic carbocycles. The molecule has 2 aromatic heterocycles. The third-order valence-electron chi connectivity index (χ3n) is 4.08. The van der Waals surface area contributed by atoms with Crippen LogP contribution in [0.15, 0.2) is 35.4 Å². The molecular weight excluding hydrogens is 266 g/mol. The average molecular weight is 287 g/mol. The van der Waals surface area contributed by atoms with Gasteiger partial charge in [0.1, 0.15) is 6.26 Å². The SMILES string of the molecule is C=C(Nc1ccon1)N1CCC(c2cn(C)nc2C)CC1. The first-order valence-corrected chi connectivity index (χ1v) is 7.25. The van der Waals surface area contributed by atoms with Gasteiger partial charge in [0.05, 0.1) is 11.5 Å². The van der Waals surface area contributed by atoms with Crippen molar-refractivity contribution < 1.29 is 4.52 Å². The second-order valence-electron chi connectivity index (χ2n) is 5.56. The molecule has 2 aromatic rings. The highest BCUT2D eigenvalue weighted by molar-refractivity contribution is 5.37. The average Bonchev–Trinajstić information content (AvgIpc) is 3.08. The lowest BCUT2D eigenvalue weighted by Gasteiger charge is -2.34. The van der Waals surface area contributed by atoms with Gasteiger partial charge in [-0.05, 0) is 31.2 Å². The summed E-state index contributed by atoms with van der Waals surface area (Å²) >= 11 is 0. The van der Waals surface area contributed by atoms with Gasteiger partial charge in [-0.15, -0.1) is 0 Å². The Labute approximate surface area is 124 Å². The zero-order valence-electron chi connectivity index (χ0n) is 12.5. The Morgan fingerprint density at radius 3 is 2.76 bits per heavy atom. The molecule has 0 radical (unpaired) electrons. The molecule has 0 unspecified atom stereocenters. The topological polar surface area (TPSA) is 59.1 Å². The van der Waals surface area contributed by atoms with E-state index in [9.17, 15) is 0 Å². The molecule has 3 heterocycles. The summed E-state index contributed by atoms with van der Waals surface area (Å²) in [7, 11) is 1.98. The van der Waals surface area contributed by atoms with Gasteiger partial charge in [-0.25, -0.2) is 0 Å². The van der Waals surface area contributed by atoms with Crippen molar-refractivity contribution in [2.45, 2.75) is 25.7 Å². The maximum Gasteiger partial charge on any atom is 0.174 e. The second-order valence-corrected chi connectivity index (χ2v) is 5.56. The highest BCUT2D eigenvalue weighted by Gasteiger charge is 2.24. The van der Waals surface area contributed by atoms with E-state index in [1.165, 1.54) is 5.56 Å². The minimum atomic E-state index is 0.592. The van der Waals surface area contributed by atoms with Crippen LogP contribution in [0.4, 0.5) is 5.82 Å². The molecule has 1 aliphatic rings.